The number of thioether (sulfide) groups is 1. The van der Waals surface area contributed by atoms with Gasteiger partial charge in [-0.25, -0.2) is 4.79 Å². The SMILES string of the molecule is CNCCNC(=O)CCc1cn(CCNC(=O)CCC[C@@H]2SC[C@@H]3NC(=O)N[C@@H]32)nn1. The van der Waals surface area contributed by atoms with Crippen molar-refractivity contribution in [3.8, 4) is 0 Å². The predicted molar refractivity (Wildman–Crippen MR) is 118 cm³/mol. The summed E-state index contributed by atoms with van der Waals surface area (Å²) in [7, 11) is 1.84. The van der Waals surface area contributed by atoms with Crippen molar-refractivity contribution >= 4 is 29.6 Å². The number of amides is 4. The molecule has 0 bridgehead atoms. The highest BCUT2D eigenvalue weighted by molar-refractivity contribution is 8.00. The van der Waals surface area contributed by atoms with Crippen molar-refractivity contribution in [2.75, 3.05) is 32.4 Å². The molecule has 31 heavy (non-hydrogen) atoms. The zero-order chi connectivity index (χ0) is 22.1. The van der Waals surface area contributed by atoms with E-state index >= 15 is 0 Å². The van der Waals surface area contributed by atoms with Gasteiger partial charge in [0.25, 0.3) is 0 Å². The Morgan fingerprint density at radius 1 is 1.19 bits per heavy atom. The van der Waals surface area contributed by atoms with Gasteiger partial charge in [-0.2, -0.15) is 11.8 Å². The summed E-state index contributed by atoms with van der Waals surface area (Å²) in [5, 5.41) is 23.1. The van der Waals surface area contributed by atoms with E-state index in [9.17, 15) is 14.4 Å². The zero-order valence-electron chi connectivity index (χ0n) is 17.9. The first-order valence-corrected chi connectivity index (χ1v) is 11.9. The van der Waals surface area contributed by atoms with Crippen LogP contribution >= 0.6 is 11.8 Å². The Hall–Kier alpha value is -2.34. The van der Waals surface area contributed by atoms with Gasteiger partial charge in [-0.1, -0.05) is 5.21 Å². The molecule has 3 heterocycles. The van der Waals surface area contributed by atoms with Crippen molar-refractivity contribution in [2.24, 2.45) is 0 Å². The number of aromatic nitrogens is 3. The van der Waals surface area contributed by atoms with Gasteiger partial charge in [0.05, 0.1) is 24.3 Å². The predicted octanol–water partition coefficient (Wildman–Crippen LogP) is -1.00. The summed E-state index contributed by atoms with van der Waals surface area (Å²) in [5.74, 6) is 0.947. The first kappa shape index (κ1) is 23.3. The first-order chi connectivity index (χ1) is 15.0. The number of likely N-dealkylation sites (N-methyl/N-ethyl adjacent to an activating group) is 1. The maximum atomic E-state index is 12.1. The number of urea groups is 1. The third-order valence-electron chi connectivity index (χ3n) is 5.39. The second kappa shape index (κ2) is 11.9. The van der Waals surface area contributed by atoms with Crippen LogP contribution in [0.25, 0.3) is 0 Å². The smallest absolute Gasteiger partial charge is 0.315 e. The van der Waals surface area contributed by atoms with Gasteiger partial charge in [-0.05, 0) is 19.9 Å². The molecule has 0 saturated carbocycles. The molecule has 4 amide bonds. The van der Waals surface area contributed by atoms with Crippen LogP contribution < -0.4 is 26.6 Å². The van der Waals surface area contributed by atoms with E-state index in [0.717, 1.165) is 30.8 Å². The van der Waals surface area contributed by atoms with Gasteiger partial charge in [-0.15, -0.1) is 5.10 Å². The number of nitrogens with one attached hydrogen (secondary N) is 5. The molecule has 2 saturated heterocycles. The van der Waals surface area contributed by atoms with Crippen LogP contribution in [-0.2, 0) is 22.6 Å². The Morgan fingerprint density at radius 2 is 2.00 bits per heavy atom. The van der Waals surface area contributed by atoms with E-state index in [2.05, 4.69) is 36.9 Å². The van der Waals surface area contributed by atoms with Gasteiger partial charge in [-0.3, -0.25) is 14.3 Å². The minimum atomic E-state index is -0.0814. The molecule has 0 radical (unpaired) electrons. The summed E-state index contributed by atoms with van der Waals surface area (Å²) in [5.41, 5.74) is 0.760. The highest BCUT2D eigenvalue weighted by atomic mass is 32.2. The molecule has 0 aromatic carbocycles. The summed E-state index contributed by atoms with van der Waals surface area (Å²) in [6.45, 7) is 2.36. The molecule has 172 valence electrons. The number of fused-ring (bicyclic) bond motifs is 1. The quantitative estimate of drug-likeness (QED) is 0.191. The number of carbonyl (C=O) groups is 3. The van der Waals surface area contributed by atoms with Gasteiger partial charge in [0.15, 0.2) is 0 Å². The van der Waals surface area contributed by atoms with E-state index in [1.807, 2.05) is 25.0 Å². The Kier molecular flexibility index (Phi) is 8.95. The molecule has 1 aromatic rings. The minimum absolute atomic E-state index is 0.00448. The van der Waals surface area contributed by atoms with Crippen molar-refractivity contribution in [1.82, 2.24) is 41.6 Å². The fourth-order valence-electron chi connectivity index (χ4n) is 3.72. The highest BCUT2D eigenvalue weighted by Crippen LogP contribution is 2.32. The maximum Gasteiger partial charge on any atom is 0.315 e. The van der Waals surface area contributed by atoms with Gasteiger partial charge < -0.3 is 26.6 Å². The second-order valence-corrected chi connectivity index (χ2v) is 9.06. The number of aryl methyl sites for hydroxylation is 1. The van der Waals surface area contributed by atoms with Crippen LogP contribution in [0, 0.1) is 0 Å². The highest BCUT2D eigenvalue weighted by Gasteiger charge is 2.42. The van der Waals surface area contributed by atoms with E-state index in [0.29, 0.717) is 44.1 Å². The van der Waals surface area contributed by atoms with Crippen molar-refractivity contribution in [2.45, 2.75) is 56.0 Å². The number of hydrogen-bond acceptors (Lipinski definition) is 7. The van der Waals surface area contributed by atoms with E-state index in [-0.39, 0.29) is 29.9 Å². The Labute approximate surface area is 186 Å². The monoisotopic (exact) mass is 452 g/mol. The topological polar surface area (TPSA) is 142 Å². The molecular formula is C19H32N8O3S. The summed E-state index contributed by atoms with van der Waals surface area (Å²) >= 11 is 1.86. The van der Waals surface area contributed by atoms with Crippen LogP contribution in [0.2, 0.25) is 0 Å². The third-order valence-corrected chi connectivity index (χ3v) is 6.89. The molecule has 2 aliphatic rings. The van der Waals surface area contributed by atoms with E-state index in [1.54, 1.807) is 4.68 Å². The largest absolute Gasteiger partial charge is 0.355 e. The van der Waals surface area contributed by atoms with E-state index in [4.69, 9.17) is 0 Å². The van der Waals surface area contributed by atoms with Crippen molar-refractivity contribution in [3.63, 3.8) is 0 Å². The summed E-state index contributed by atoms with van der Waals surface area (Å²) in [6, 6.07) is 0.320. The standard InChI is InChI=1S/C19H32N8O3S/c1-20-7-8-21-17(29)6-5-13-11-27(26-25-13)10-9-22-16(28)4-2-3-15-18-14(12-31-15)23-19(30)24-18/h11,14-15,18,20H,2-10,12H2,1H3,(H,21,29)(H,22,28)(H2,23,24,30)/t14-,15-,18-/m0/s1. The van der Waals surface area contributed by atoms with Crippen LogP contribution in [0.4, 0.5) is 4.79 Å². The van der Waals surface area contributed by atoms with Crippen molar-refractivity contribution in [3.05, 3.63) is 11.9 Å². The van der Waals surface area contributed by atoms with Crippen molar-refractivity contribution in [1.29, 1.82) is 0 Å². The Morgan fingerprint density at radius 3 is 2.84 bits per heavy atom. The zero-order valence-corrected chi connectivity index (χ0v) is 18.7. The average molecular weight is 453 g/mol. The summed E-state index contributed by atoms with van der Waals surface area (Å²) in [6.07, 6.45) is 4.91. The maximum absolute atomic E-state index is 12.1. The molecule has 3 rings (SSSR count). The average Bonchev–Trinajstić information content (AvgIpc) is 3.44. The number of rotatable bonds is 13. The summed E-state index contributed by atoms with van der Waals surface area (Å²) in [4.78, 5) is 35.2. The van der Waals surface area contributed by atoms with Crippen LogP contribution in [-0.4, -0.2) is 82.6 Å². The molecule has 12 heteroatoms. The molecule has 0 spiro atoms. The normalized spacial score (nSPS) is 22.0. The molecule has 11 nitrogen and oxygen atoms in total. The molecule has 3 atom stereocenters. The van der Waals surface area contributed by atoms with Gasteiger partial charge >= 0.3 is 6.03 Å². The van der Waals surface area contributed by atoms with E-state index < -0.39 is 0 Å². The van der Waals surface area contributed by atoms with Crippen LogP contribution in [0.1, 0.15) is 31.4 Å². The number of hydrogen-bond donors (Lipinski definition) is 5. The lowest BCUT2D eigenvalue weighted by Gasteiger charge is -2.16. The third kappa shape index (κ3) is 7.39. The molecule has 2 fully saturated rings. The molecule has 2 aliphatic heterocycles. The van der Waals surface area contributed by atoms with Gasteiger partial charge in [0, 0.05) is 56.1 Å². The second-order valence-electron chi connectivity index (χ2n) is 7.79. The first-order valence-electron chi connectivity index (χ1n) is 10.8. The molecular weight excluding hydrogens is 420 g/mol. The van der Waals surface area contributed by atoms with Crippen LogP contribution in [0.5, 0.6) is 0 Å². The minimum Gasteiger partial charge on any atom is -0.355 e. The Balaban J connectivity index is 1.24. The van der Waals surface area contributed by atoms with Crippen LogP contribution in [0.15, 0.2) is 6.20 Å². The fourth-order valence-corrected chi connectivity index (χ4v) is 5.27. The van der Waals surface area contributed by atoms with Gasteiger partial charge in [0.2, 0.25) is 11.8 Å². The van der Waals surface area contributed by atoms with Crippen LogP contribution in [0.3, 0.4) is 0 Å². The Bertz CT molecular complexity index is 758. The fraction of sp³-hybridized carbons (Fsp3) is 0.737. The number of nitrogens with zero attached hydrogens (tertiary/aromatic N) is 3. The number of carbonyl (C=O) groups excluding carboxylic acids is 3. The molecule has 1 aromatic heterocycles. The van der Waals surface area contributed by atoms with Crippen molar-refractivity contribution < 1.29 is 14.4 Å². The lowest BCUT2D eigenvalue weighted by molar-refractivity contribution is -0.122. The lowest BCUT2D eigenvalue weighted by Crippen LogP contribution is -2.37. The lowest BCUT2D eigenvalue weighted by atomic mass is 10.0. The van der Waals surface area contributed by atoms with E-state index in [1.165, 1.54) is 0 Å². The van der Waals surface area contributed by atoms with Gasteiger partial charge in [0.1, 0.15) is 0 Å². The summed E-state index contributed by atoms with van der Waals surface area (Å²) < 4.78 is 1.68. The molecule has 0 unspecified atom stereocenters. The molecule has 0 aliphatic carbocycles. The molecule has 5 N–H and O–H groups in total.